The monoisotopic (exact) mass is 434 g/mol. The van der Waals surface area contributed by atoms with E-state index in [1.165, 1.54) is 31.0 Å². The number of carbonyl (C=O) groups excluding carboxylic acids is 1. The quantitative estimate of drug-likeness (QED) is 0.547. The summed E-state index contributed by atoms with van der Waals surface area (Å²) in [6.45, 7) is 5.29. The molecule has 138 valence electrons. The van der Waals surface area contributed by atoms with E-state index in [9.17, 15) is 4.79 Å². The van der Waals surface area contributed by atoms with Crippen molar-refractivity contribution >= 4 is 45.1 Å². The van der Waals surface area contributed by atoms with Gasteiger partial charge in [-0.2, -0.15) is 0 Å². The third kappa shape index (κ3) is 4.98. The van der Waals surface area contributed by atoms with Crippen LogP contribution in [-0.2, 0) is 4.79 Å². The molecule has 0 unspecified atom stereocenters. The van der Waals surface area contributed by atoms with Crippen LogP contribution in [0.25, 0.3) is 0 Å². The van der Waals surface area contributed by atoms with E-state index in [4.69, 9.17) is 0 Å². The lowest BCUT2D eigenvalue weighted by molar-refractivity contribution is -0.113. The maximum Gasteiger partial charge on any atom is 0.234 e. The number of nitrogens with zero attached hydrogens (tertiary/aromatic N) is 3. The second kappa shape index (κ2) is 8.86. The molecule has 0 spiro atoms. The van der Waals surface area contributed by atoms with Crippen molar-refractivity contribution in [3.8, 4) is 0 Å². The molecule has 1 aromatic carbocycles. The first-order valence-corrected chi connectivity index (χ1v) is 10.6. The van der Waals surface area contributed by atoms with Crippen LogP contribution in [0.15, 0.2) is 40.1 Å². The minimum atomic E-state index is -0.0499. The highest BCUT2D eigenvalue weighted by molar-refractivity contribution is 9.10. The van der Waals surface area contributed by atoms with Gasteiger partial charge in [0.05, 0.1) is 11.4 Å². The Balaban J connectivity index is 1.59. The zero-order valence-electron chi connectivity index (χ0n) is 15.0. The summed E-state index contributed by atoms with van der Waals surface area (Å²) in [6, 6.07) is 8.35. The van der Waals surface area contributed by atoms with Crippen LogP contribution in [0, 0.1) is 6.92 Å². The van der Waals surface area contributed by atoms with Crippen molar-refractivity contribution in [2.75, 3.05) is 22.5 Å². The van der Waals surface area contributed by atoms with Gasteiger partial charge in [-0.1, -0.05) is 17.8 Å². The summed E-state index contributed by atoms with van der Waals surface area (Å²) < 4.78 is 0.888. The van der Waals surface area contributed by atoms with Gasteiger partial charge in [0.1, 0.15) is 17.2 Å². The van der Waals surface area contributed by atoms with Crippen molar-refractivity contribution in [1.82, 2.24) is 9.97 Å². The number of hydrogen-bond donors (Lipinski definition) is 1. The molecule has 1 aliphatic heterocycles. The van der Waals surface area contributed by atoms with Crippen molar-refractivity contribution in [3.05, 3.63) is 40.6 Å². The van der Waals surface area contributed by atoms with Crippen molar-refractivity contribution < 1.29 is 4.79 Å². The fourth-order valence-electron chi connectivity index (χ4n) is 3.05. The molecule has 5 nitrogen and oxygen atoms in total. The lowest BCUT2D eigenvalue weighted by atomic mass is 10.0. The molecule has 7 heteroatoms. The summed E-state index contributed by atoms with van der Waals surface area (Å²) in [5, 5.41) is 3.76. The summed E-state index contributed by atoms with van der Waals surface area (Å²) >= 11 is 4.91. The molecule has 1 N–H and O–H groups in total. The van der Waals surface area contributed by atoms with Crippen LogP contribution < -0.4 is 10.2 Å². The fraction of sp³-hybridized carbons (Fsp3) is 0.421. The fourth-order valence-corrected chi connectivity index (χ4v) is 4.31. The number of aryl methyl sites for hydroxylation is 1. The van der Waals surface area contributed by atoms with Crippen LogP contribution in [-0.4, -0.2) is 34.2 Å². The molecule has 1 amide bonds. The van der Waals surface area contributed by atoms with E-state index in [-0.39, 0.29) is 5.91 Å². The van der Waals surface area contributed by atoms with E-state index in [1.807, 2.05) is 31.2 Å². The minimum absolute atomic E-state index is 0.0499. The summed E-state index contributed by atoms with van der Waals surface area (Å²) in [4.78, 5) is 23.3. The summed E-state index contributed by atoms with van der Waals surface area (Å²) in [5.41, 5.74) is 1.93. The lowest BCUT2D eigenvalue weighted by Crippen LogP contribution is -2.38. The van der Waals surface area contributed by atoms with Crippen LogP contribution in [0.3, 0.4) is 0 Å². The molecular weight excluding hydrogens is 412 g/mol. The first kappa shape index (κ1) is 19.2. The van der Waals surface area contributed by atoms with Gasteiger partial charge in [0.15, 0.2) is 0 Å². The van der Waals surface area contributed by atoms with Gasteiger partial charge in [0, 0.05) is 23.1 Å². The average Bonchev–Trinajstić information content (AvgIpc) is 2.63. The molecular formula is C19H23BrN4OS. The molecule has 0 bridgehead atoms. The highest BCUT2D eigenvalue weighted by atomic mass is 79.9. The molecule has 1 fully saturated rings. The average molecular weight is 435 g/mol. The predicted molar refractivity (Wildman–Crippen MR) is 111 cm³/mol. The third-order valence-electron chi connectivity index (χ3n) is 4.47. The van der Waals surface area contributed by atoms with Gasteiger partial charge in [0.25, 0.3) is 0 Å². The Hall–Kier alpha value is -1.60. The van der Waals surface area contributed by atoms with Crippen molar-refractivity contribution in [2.45, 2.75) is 44.2 Å². The molecule has 1 saturated heterocycles. The van der Waals surface area contributed by atoms with Gasteiger partial charge in [-0.05, 0) is 66.7 Å². The van der Waals surface area contributed by atoms with E-state index >= 15 is 0 Å². The summed E-state index contributed by atoms with van der Waals surface area (Å²) in [5.74, 6) is 1.22. The number of halogens is 1. The Morgan fingerprint density at radius 3 is 2.96 bits per heavy atom. The number of nitrogens with one attached hydrogen (secondary N) is 1. The minimum Gasteiger partial charge on any atom is -0.354 e. The number of carbonyl (C=O) groups is 1. The van der Waals surface area contributed by atoms with Crippen LogP contribution in [0.2, 0.25) is 0 Å². The van der Waals surface area contributed by atoms with Crippen LogP contribution in [0.1, 0.15) is 31.7 Å². The SMILES string of the molecule is Cc1ccc(NC(=O)CSc2cc(N3CCCC[C@@H]3C)ncn2)c(Br)c1. The predicted octanol–water partition coefficient (Wildman–Crippen LogP) is 4.66. The van der Waals surface area contributed by atoms with E-state index < -0.39 is 0 Å². The van der Waals surface area contributed by atoms with E-state index in [1.54, 1.807) is 6.33 Å². The molecule has 1 aliphatic rings. The van der Waals surface area contributed by atoms with Gasteiger partial charge >= 0.3 is 0 Å². The van der Waals surface area contributed by atoms with Gasteiger partial charge in [0.2, 0.25) is 5.91 Å². The number of benzene rings is 1. The topological polar surface area (TPSA) is 58.1 Å². The number of thioether (sulfide) groups is 1. The largest absolute Gasteiger partial charge is 0.354 e. The van der Waals surface area contributed by atoms with E-state index in [2.05, 4.69) is 43.0 Å². The van der Waals surface area contributed by atoms with Crippen molar-refractivity contribution in [1.29, 1.82) is 0 Å². The molecule has 2 aromatic rings. The molecule has 26 heavy (non-hydrogen) atoms. The Bertz CT molecular complexity index is 786. The van der Waals surface area contributed by atoms with Crippen LogP contribution in [0.5, 0.6) is 0 Å². The third-order valence-corrected chi connectivity index (χ3v) is 6.06. The Kier molecular flexibility index (Phi) is 6.53. The standard InChI is InChI=1S/C19H23BrN4OS/c1-13-6-7-16(15(20)9-13)23-18(25)11-26-19-10-17(21-12-22-19)24-8-4-3-5-14(24)2/h6-7,9-10,12,14H,3-5,8,11H2,1-2H3,(H,23,25)/t14-/m0/s1. The number of anilines is 2. The molecule has 1 atom stereocenters. The van der Waals surface area contributed by atoms with E-state index in [0.717, 1.165) is 33.1 Å². The van der Waals surface area contributed by atoms with E-state index in [0.29, 0.717) is 11.8 Å². The lowest BCUT2D eigenvalue weighted by Gasteiger charge is -2.34. The van der Waals surface area contributed by atoms with Crippen molar-refractivity contribution in [3.63, 3.8) is 0 Å². The Morgan fingerprint density at radius 2 is 2.19 bits per heavy atom. The molecule has 0 aliphatic carbocycles. The Morgan fingerprint density at radius 1 is 1.35 bits per heavy atom. The zero-order valence-corrected chi connectivity index (χ0v) is 17.4. The van der Waals surface area contributed by atoms with Gasteiger partial charge in [-0.3, -0.25) is 4.79 Å². The van der Waals surface area contributed by atoms with Crippen LogP contribution in [0.4, 0.5) is 11.5 Å². The van der Waals surface area contributed by atoms with Crippen molar-refractivity contribution in [2.24, 2.45) is 0 Å². The number of piperidine rings is 1. The first-order chi connectivity index (χ1) is 12.5. The second-order valence-electron chi connectivity index (χ2n) is 6.57. The second-order valence-corrected chi connectivity index (χ2v) is 8.42. The van der Waals surface area contributed by atoms with Gasteiger partial charge in [-0.15, -0.1) is 0 Å². The first-order valence-electron chi connectivity index (χ1n) is 8.80. The van der Waals surface area contributed by atoms with Gasteiger partial charge in [-0.25, -0.2) is 9.97 Å². The number of rotatable bonds is 5. The molecule has 0 saturated carbocycles. The zero-order chi connectivity index (χ0) is 18.5. The maximum absolute atomic E-state index is 12.3. The van der Waals surface area contributed by atoms with Crippen LogP contribution >= 0.6 is 27.7 Å². The molecule has 3 rings (SSSR count). The number of hydrogen-bond acceptors (Lipinski definition) is 5. The maximum atomic E-state index is 12.3. The highest BCUT2D eigenvalue weighted by Gasteiger charge is 2.20. The summed E-state index contributed by atoms with van der Waals surface area (Å²) in [6.07, 6.45) is 5.26. The molecule has 0 radical (unpaired) electrons. The normalized spacial score (nSPS) is 17.2. The molecule has 2 heterocycles. The number of aromatic nitrogens is 2. The molecule has 1 aromatic heterocycles. The smallest absolute Gasteiger partial charge is 0.234 e. The van der Waals surface area contributed by atoms with Gasteiger partial charge < -0.3 is 10.2 Å². The number of amides is 1. The summed E-state index contributed by atoms with van der Waals surface area (Å²) in [7, 11) is 0. The Labute approximate surface area is 167 Å². The highest BCUT2D eigenvalue weighted by Crippen LogP contribution is 2.26.